The Labute approximate surface area is 109 Å². The number of nitrogens with zero attached hydrogens (tertiary/aromatic N) is 1. The van der Waals surface area contributed by atoms with Gasteiger partial charge in [-0.3, -0.25) is 4.79 Å². The molecule has 0 aliphatic carbocycles. The normalized spacial score (nSPS) is 10.5. The molecule has 0 fully saturated rings. The summed E-state index contributed by atoms with van der Waals surface area (Å²) in [6, 6.07) is 12.6. The first-order valence-electron chi connectivity index (χ1n) is 5.57. The highest BCUT2D eigenvalue weighted by molar-refractivity contribution is 5.95. The highest BCUT2D eigenvalue weighted by Gasteiger charge is 2.04. The third-order valence-corrected chi connectivity index (χ3v) is 2.41. The molecule has 1 amide bonds. The molecule has 5 heteroatoms. The average Bonchev–Trinajstić information content (AvgIpc) is 2.41. The average molecular weight is 256 g/mol. The molecule has 96 valence electrons. The van der Waals surface area contributed by atoms with Crippen molar-refractivity contribution in [2.45, 2.75) is 0 Å². The summed E-state index contributed by atoms with van der Waals surface area (Å²) in [6.07, 6.45) is 1.34. The number of benzene rings is 2. The van der Waals surface area contributed by atoms with E-state index in [0.29, 0.717) is 11.1 Å². The van der Waals surface area contributed by atoms with Crippen LogP contribution in [0.3, 0.4) is 0 Å². The summed E-state index contributed by atoms with van der Waals surface area (Å²) in [5.74, 6) is -0.349. The Bertz CT molecular complexity index is 624. The second kappa shape index (κ2) is 5.68. The van der Waals surface area contributed by atoms with E-state index in [0.717, 1.165) is 0 Å². The van der Waals surface area contributed by atoms with Crippen LogP contribution in [0, 0.1) is 0 Å². The predicted molar refractivity (Wildman–Crippen MR) is 71.3 cm³/mol. The van der Waals surface area contributed by atoms with Gasteiger partial charge in [0.05, 0.1) is 6.21 Å². The molecule has 2 aromatic rings. The number of hydrazone groups is 1. The first-order valence-corrected chi connectivity index (χ1v) is 5.57. The second-order valence-corrected chi connectivity index (χ2v) is 3.81. The first kappa shape index (κ1) is 12.6. The standard InChI is InChI=1S/C14H12N2O3/c17-12-6-3-5-10(8-12)14(19)16-15-9-11-4-1-2-7-13(11)18/h1-9,17-18H,(H,16,19). The maximum Gasteiger partial charge on any atom is 0.271 e. The van der Waals surface area contributed by atoms with E-state index in [4.69, 9.17) is 0 Å². The van der Waals surface area contributed by atoms with Crippen LogP contribution in [0.1, 0.15) is 15.9 Å². The van der Waals surface area contributed by atoms with Gasteiger partial charge >= 0.3 is 0 Å². The summed E-state index contributed by atoms with van der Waals surface area (Å²) >= 11 is 0. The van der Waals surface area contributed by atoms with Crippen LogP contribution in [0.5, 0.6) is 11.5 Å². The van der Waals surface area contributed by atoms with Crippen LogP contribution in [-0.4, -0.2) is 22.3 Å². The van der Waals surface area contributed by atoms with Gasteiger partial charge in [0, 0.05) is 11.1 Å². The lowest BCUT2D eigenvalue weighted by Gasteiger charge is -2.00. The van der Waals surface area contributed by atoms with Crippen LogP contribution in [0.2, 0.25) is 0 Å². The van der Waals surface area contributed by atoms with Crippen molar-refractivity contribution in [3.05, 3.63) is 59.7 Å². The molecule has 0 bridgehead atoms. The van der Waals surface area contributed by atoms with Crippen molar-refractivity contribution < 1.29 is 15.0 Å². The van der Waals surface area contributed by atoms with E-state index in [1.807, 2.05) is 0 Å². The summed E-state index contributed by atoms with van der Waals surface area (Å²) in [6.45, 7) is 0. The molecule has 0 aromatic heterocycles. The lowest BCUT2D eigenvalue weighted by Crippen LogP contribution is -2.17. The largest absolute Gasteiger partial charge is 0.508 e. The van der Waals surface area contributed by atoms with Crippen molar-refractivity contribution in [1.29, 1.82) is 0 Å². The number of rotatable bonds is 3. The zero-order chi connectivity index (χ0) is 13.7. The molecule has 3 N–H and O–H groups in total. The van der Waals surface area contributed by atoms with E-state index in [1.54, 1.807) is 30.3 Å². The van der Waals surface area contributed by atoms with Crippen LogP contribution in [0.15, 0.2) is 53.6 Å². The fourth-order valence-electron chi connectivity index (χ4n) is 1.47. The SMILES string of the molecule is O=C(NN=Cc1ccccc1O)c1cccc(O)c1. The monoisotopic (exact) mass is 256 g/mol. The van der Waals surface area contributed by atoms with Gasteiger partial charge in [0.2, 0.25) is 0 Å². The maximum absolute atomic E-state index is 11.7. The Morgan fingerprint density at radius 2 is 1.89 bits per heavy atom. The van der Waals surface area contributed by atoms with Crippen LogP contribution >= 0.6 is 0 Å². The Hall–Kier alpha value is -2.82. The number of hydrogen-bond donors (Lipinski definition) is 3. The number of aromatic hydroxyl groups is 2. The van der Waals surface area contributed by atoms with E-state index in [1.165, 1.54) is 24.4 Å². The van der Waals surface area contributed by atoms with Gasteiger partial charge < -0.3 is 10.2 Å². The van der Waals surface area contributed by atoms with Gasteiger partial charge in [-0.15, -0.1) is 0 Å². The van der Waals surface area contributed by atoms with Crippen LogP contribution in [-0.2, 0) is 0 Å². The van der Waals surface area contributed by atoms with Crippen LogP contribution in [0.4, 0.5) is 0 Å². The number of phenols is 2. The Balaban J connectivity index is 2.03. The van der Waals surface area contributed by atoms with Crippen molar-refractivity contribution in [3.63, 3.8) is 0 Å². The topological polar surface area (TPSA) is 81.9 Å². The van der Waals surface area contributed by atoms with Gasteiger partial charge in [-0.2, -0.15) is 5.10 Å². The number of para-hydroxylation sites is 1. The molecule has 0 saturated heterocycles. The minimum Gasteiger partial charge on any atom is -0.508 e. The van der Waals surface area contributed by atoms with Crippen molar-refractivity contribution in [2.24, 2.45) is 5.10 Å². The Kier molecular flexibility index (Phi) is 3.78. The van der Waals surface area contributed by atoms with Gasteiger partial charge in [-0.1, -0.05) is 18.2 Å². The molecule has 0 heterocycles. The molecule has 19 heavy (non-hydrogen) atoms. The number of phenolic OH excluding ortho intramolecular Hbond substituents is 2. The van der Waals surface area contributed by atoms with Gasteiger partial charge in [0.15, 0.2) is 0 Å². The number of amides is 1. The van der Waals surface area contributed by atoms with Crippen LogP contribution < -0.4 is 5.43 Å². The van der Waals surface area contributed by atoms with E-state index in [2.05, 4.69) is 10.5 Å². The maximum atomic E-state index is 11.7. The number of carbonyl (C=O) groups excluding carboxylic acids is 1. The van der Waals surface area contributed by atoms with Crippen LogP contribution in [0.25, 0.3) is 0 Å². The molecule has 2 aromatic carbocycles. The minimum atomic E-state index is -0.442. The predicted octanol–water partition coefficient (Wildman–Crippen LogP) is 1.86. The summed E-state index contributed by atoms with van der Waals surface area (Å²) in [5.41, 5.74) is 3.11. The summed E-state index contributed by atoms with van der Waals surface area (Å²) in [5, 5.41) is 22.5. The Morgan fingerprint density at radius 1 is 1.11 bits per heavy atom. The van der Waals surface area contributed by atoms with E-state index < -0.39 is 5.91 Å². The first-order chi connectivity index (χ1) is 9.16. The zero-order valence-corrected chi connectivity index (χ0v) is 9.95. The van der Waals surface area contributed by atoms with E-state index >= 15 is 0 Å². The minimum absolute atomic E-state index is 0.0114. The number of nitrogens with one attached hydrogen (secondary N) is 1. The van der Waals surface area contributed by atoms with Crippen molar-refractivity contribution in [2.75, 3.05) is 0 Å². The van der Waals surface area contributed by atoms with Crippen molar-refractivity contribution >= 4 is 12.1 Å². The van der Waals surface area contributed by atoms with Gasteiger partial charge in [-0.25, -0.2) is 5.43 Å². The summed E-state index contributed by atoms with van der Waals surface area (Å²) < 4.78 is 0. The highest BCUT2D eigenvalue weighted by atomic mass is 16.3. The smallest absolute Gasteiger partial charge is 0.271 e. The van der Waals surface area contributed by atoms with Crippen molar-refractivity contribution in [1.82, 2.24) is 5.43 Å². The van der Waals surface area contributed by atoms with E-state index in [-0.39, 0.29) is 11.5 Å². The molecule has 0 unspecified atom stereocenters. The van der Waals surface area contributed by atoms with Gasteiger partial charge in [0.25, 0.3) is 5.91 Å². The summed E-state index contributed by atoms with van der Waals surface area (Å²) in [7, 11) is 0. The zero-order valence-electron chi connectivity index (χ0n) is 9.95. The molecule has 0 saturated carbocycles. The molecular weight excluding hydrogens is 244 g/mol. The summed E-state index contributed by atoms with van der Waals surface area (Å²) in [4.78, 5) is 11.7. The third kappa shape index (κ3) is 3.32. The third-order valence-electron chi connectivity index (χ3n) is 2.41. The van der Waals surface area contributed by atoms with Gasteiger partial charge in [-0.05, 0) is 30.3 Å². The molecule has 0 aliphatic heterocycles. The lowest BCUT2D eigenvalue weighted by atomic mass is 10.2. The molecule has 2 rings (SSSR count). The Morgan fingerprint density at radius 3 is 2.63 bits per heavy atom. The van der Waals surface area contributed by atoms with Crippen molar-refractivity contribution in [3.8, 4) is 11.5 Å². The molecular formula is C14H12N2O3. The molecule has 5 nitrogen and oxygen atoms in total. The highest BCUT2D eigenvalue weighted by Crippen LogP contribution is 2.13. The second-order valence-electron chi connectivity index (χ2n) is 3.81. The lowest BCUT2D eigenvalue weighted by molar-refractivity contribution is 0.0954. The molecule has 0 aliphatic rings. The van der Waals surface area contributed by atoms with E-state index in [9.17, 15) is 15.0 Å². The quantitative estimate of drug-likeness (QED) is 0.579. The molecule has 0 spiro atoms. The molecule has 0 atom stereocenters. The fourth-order valence-corrected chi connectivity index (χ4v) is 1.47. The molecule has 0 radical (unpaired) electrons. The fraction of sp³-hybridized carbons (Fsp3) is 0. The van der Waals surface area contributed by atoms with Gasteiger partial charge in [0.1, 0.15) is 11.5 Å². The number of carbonyl (C=O) groups is 1. The number of hydrogen-bond acceptors (Lipinski definition) is 4.